The maximum Gasteiger partial charge on any atom is 0.322 e. The number of ether oxygens (including phenoxy) is 1. The number of carbonyl (C=O) groups excluding carboxylic acids is 1. The predicted molar refractivity (Wildman–Crippen MR) is 84.2 cm³/mol. The molecular weight excluding hydrogens is 296 g/mol. The Balaban J connectivity index is 1.79. The summed E-state index contributed by atoms with van der Waals surface area (Å²) in [7, 11) is 1.51. The molecule has 1 fully saturated rings. The SMILES string of the molecule is COc1ncncc1NC(=O)N1CC[C@H](C)C[C@H]1c1ccco1. The molecule has 2 aromatic heterocycles. The Morgan fingerprint density at radius 3 is 3.13 bits per heavy atom. The van der Waals surface area contributed by atoms with Gasteiger partial charge in [0.15, 0.2) is 0 Å². The summed E-state index contributed by atoms with van der Waals surface area (Å²) in [6.45, 7) is 2.87. The van der Waals surface area contributed by atoms with Crippen molar-refractivity contribution in [2.45, 2.75) is 25.8 Å². The van der Waals surface area contributed by atoms with Gasteiger partial charge in [-0.3, -0.25) is 0 Å². The number of hydrogen-bond acceptors (Lipinski definition) is 5. The van der Waals surface area contributed by atoms with E-state index in [0.717, 1.165) is 18.6 Å². The molecule has 0 unspecified atom stereocenters. The fourth-order valence-electron chi connectivity index (χ4n) is 2.89. The van der Waals surface area contributed by atoms with Gasteiger partial charge in [0.05, 0.1) is 25.6 Å². The minimum Gasteiger partial charge on any atom is -0.479 e. The predicted octanol–water partition coefficient (Wildman–Crippen LogP) is 3.08. The lowest BCUT2D eigenvalue weighted by Crippen LogP contribution is -2.42. The van der Waals surface area contributed by atoms with Gasteiger partial charge in [-0.25, -0.2) is 9.78 Å². The largest absolute Gasteiger partial charge is 0.479 e. The Kier molecular flexibility index (Phi) is 4.45. The summed E-state index contributed by atoms with van der Waals surface area (Å²) in [6, 6.07) is 3.49. The quantitative estimate of drug-likeness (QED) is 0.941. The Morgan fingerprint density at radius 2 is 2.39 bits per heavy atom. The molecule has 0 saturated carbocycles. The summed E-state index contributed by atoms with van der Waals surface area (Å²) in [5, 5.41) is 2.83. The number of amides is 2. The van der Waals surface area contributed by atoms with E-state index in [1.54, 1.807) is 11.2 Å². The first kappa shape index (κ1) is 15.3. The van der Waals surface area contributed by atoms with E-state index in [0.29, 0.717) is 24.0 Å². The lowest BCUT2D eigenvalue weighted by Gasteiger charge is -2.37. The number of carbonyl (C=O) groups is 1. The zero-order valence-electron chi connectivity index (χ0n) is 13.2. The number of likely N-dealkylation sites (tertiary alicyclic amines) is 1. The number of anilines is 1. The normalized spacial score (nSPS) is 21.0. The second-order valence-corrected chi connectivity index (χ2v) is 5.73. The monoisotopic (exact) mass is 316 g/mol. The van der Waals surface area contributed by atoms with E-state index < -0.39 is 0 Å². The summed E-state index contributed by atoms with van der Waals surface area (Å²) in [5.41, 5.74) is 0.455. The van der Waals surface area contributed by atoms with Crippen LogP contribution in [0.1, 0.15) is 31.6 Å². The first-order valence-electron chi connectivity index (χ1n) is 7.64. The van der Waals surface area contributed by atoms with Gasteiger partial charge < -0.3 is 19.4 Å². The zero-order chi connectivity index (χ0) is 16.2. The molecule has 23 heavy (non-hydrogen) atoms. The van der Waals surface area contributed by atoms with E-state index in [1.165, 1.54) is 19.6 Å². The highest BCUT2D eigenvalue weighted by Crippen LogP contribution is 2.35. The molecule has 0 bridgehead atoms. The van der Waals surface area contributed by atoms with E-state index >= 15 is 0 Å². The molecule has 0 radical (unpaired) electrons. The van der Waals surface area contributed by atoms with Crippen LogP contribution in [-0.2, 0) is 0 Å². The highest BCUT2D eigenvalue weighted by Gasteiger charge is 2.33. The summed E-state index contributed by atoms with van der Waals surface area (Å²) in [4.78, 5) is 22.4. The van der Waals surface area contributed by atoms with Crippen molar-refractivity contribution in [3.63, 3.8) is 0 Å². The van der Waals surface area contributed by atoms with Crippen molar-refractivity contribution in [1.29, 1.82) is 0 Å². The number of hydrogen-bond donors (Lipinski definition) is 1. The number of methoxy groups -OCH3 is 1. The third-order valence-corrected chi connectivity index (χ3v) is 4.11. The first-order chi connectivity index (χ1) is 11.2. The van der Waals surface area contributed by atoms with Crippen LogP contribution in [-0.4, -0.2) is 34.6 Å². The molecule has 2 aromatic rings. The van der Waals surface area contributed by atoms with Crippen LogP contribution in [0, 0.1) is 5.92 Å². The number of nitrogens with zero attached hydrogens (tertiary/aromatic N) is 3. The first-order valence-corrected chi connectivity index (χ1v) is 7.64. The maximum absolute atomic E-state index is 12.7. The van der Waals surface area contributed by atoms with Crippen LogP contribution in [0.5, 0.6) is 5.88 Å². The number of aromatic nitrogens is 2. The molecule has 1 aliphatic heterocycles. The van der Waals surface area contributed by atoms with Crippen LogP contribution in [0.2, 0.25) is 0 Å². The van der Waals surface area contributed by atoms with Crippen molar-refractivity contribution in [2.24, 2.45) is 5.92 Å². The van der Waals surface area contributed by atoms with E-state index in [-0.39, 0.29) is 12.1 Å². The molecular formula is C16H20N4O3. The minimum absolute atomic E-state index is 0.0654. The standard InChI is InChI=1S/C16H20N4O3/c1-11-5-6-20(13(8-11)14-4-3-7-23-14)16(21)19-12-9-17-10-18-15(12)22-2/h3-4,7,9-11,13H,5-6,8H2,1-2H3,(H,19,21)/t11-,13-/m0/s1. The van der Waals surface area contributed by atoms with Crippen LogP contribution in [0.25, 0.3) is 0 Å². The summed E-state index contributed by atoms with van der Waals surface area (Å²) in [6.07, 6.45) is 6.39. The third-order valence-electron chi connectivity index (χ3n) is 4.11. The van der Waals surface area contributed by atoms with Gasteiger partial charge >= 0.3 is 6.03 Å². The Bertz CT molecular complexity index is 659. The number of furan rings is 1. The van der Waals surface area contributed by atoms with Crippen LogP contribution >= 0.6 is 0 Å². The number of rotatable bonds is 3. The Labute approximate surface area is 134 Å². The number of urea groups is 1. The average Bonchev–Trinajstić information content (AvgIpc) is 3.09. The molecule has 122 valence electrons. The van der Waals surface area contributed by atoms with Gasteiger partial charge in [0.1, 0.15) is 17.8 Å². The van der Waals surface area contributed by atoms with Crippen LogP contribution in [0.15, 0.2) is 35.3 Å². The molecule has 1 N–H and O–H groups in total. The van der Waals surface area contributed by atoms with Crippen molar-refractivity contribution in [3.05, 3.63) is 36.7 Å². The summed E-state index contributed by atoms with van der Waals surface area (Å²) >= 11 is 0. The summed E-state index contributed by atoms with van der Waals surface area (Å²) < 4.78 is 10.7. The molecule has 2 atom stereocenters. The Hall–Kier alpha value is -2.57. The smallest absolute Gasteiger partial charge is 0.322 e. The molecule has 1 saturated heterocycles. The van der Waals surface area contributed by atoms with Crippen LogP contribution < -0.4 is 10.1 Å². The van der Waals surface area contributed by atoms with Crippen molar-refractivity contribution >= 4 is 11.7 Å². The molecule has 0 aliphatic carbocycles. The van der Waals surface area contributed by atoms with Gasteiger partial charge in [0, 0.05) is 6.54 Å². The van der Waals surface area contributed by atoms with Gasteiger partial charge in [-0.15, -0.1) is 0 Å². The van der Waals surface area contributed by atoms with Gasteiger partial charge in [0.25, 0.3) is 0 Å². The fourth-order valence-corrected chi connectivity index (χ4v) is 2.89. The third kappa shape index (κ3) is 3.28. The van der Waals surface area contributed by atoms with Crippen molar-refractivity contribution in [1.82, 2.24) is 14.9 Å². The minimum atomic E-state index is -0.202. The van der Waals surface area contributed by atoms with Gasteiger partial charge in [-0.1, -0.05) is 6.92 Å². The van der Waals surface area contributed by atoms with Crippen LogP contribution in [0.3, 0.4) is 0 Å². The van der Waals surface area contributed by atoms with E-state index in [4.69, 9.17) is 9.15 Å². The molecule has 7 nitrogen and oxygen atoms in total. The molecule has 0 spiro atoms. The van der Waals surface area contributed by atoms with Gasteiger partial charge in [-0.05, 0) is 30.9 Å². The number of nitrogens with one attached hydrogen (secondary N) is 1. The van der Waals surface area contributed by atoms with Crippen molar-refractivity contribution < 1.29 is 13.9 Å². The molecule has 1 aliphatic rings. The second kappa shape index (κ2) is 6.68. The fraction of sp³-hybridized carbons (Fsp3) is 0.438. The average molecular weight is 316 g/mol. The molecule has 2 amide bonds. The lowest BCUT2D eigenvalue weighted by atomic mass is 9.91. The molecule has 3 heterocycles. The van der Waals surface area contributed by atoms with E-state index in [9.17, 15) is 4.79 Å². The van der Waals surface area contributed by atoms with Crippen LogP contribution in [0.4, 0.5) is 10.5 Å². The zero-order valence-corrected chi connectivity index (χ0v) is 13.2. The second-order valence-electron chi connectivity index (χ2n) is 5.73. The highest BCUT2D eigenvalue weighted by atomic mass is 16.5. The molecule has 0 aromatic carbocycles. The van der Waals surface area contributed by atoms with Crippen molar-refractivity contribution in [3.8, 4) is 5.88 Å². The highest BCUT2D eigenvalue weighted by molar-refractivity contribution is 5.90. The van der Waals surface area contributed by atoms with Gasteiger partial charge in [-0.2, -0.15) is 4.98 Å². The van der Waals surface area contributed by atoms with Gasteiger partial charge in [0.2, 0.25) is 5.88 Å². The lowest BCUT2D eigenvalue weighted by molar-refractivity contribution is 0.129. The number of piperidine rings is 1. The Morgan fingerprint density at radius 1 is 1.52 bits per heavy atom. The molecule has 3 rings (SSSR count). The summed E-state index contributed by atoms with van der Waals surface area (Å²) in [5.74, 6) is 1.69. The van der Waals surface area contributed by atoms with E-state index in [2.05, 4.69) is 22.2 Å². The van der Waals surface area contributed by atoms with Crippen molar-refractivity contribution in [2.75, 3.05) is 19.0 Å². The molecule has 7 heteroatoms. The van der Waals surface area contributed by atoms with E-state index in [1.807, 2.05) is 12.1 Å². The topological polar surface area (TPSA) is 80.5 Å². The maximum atomic E-state index is 12.7.